The van der Waals surface area contributed by atoms with Gasteiger partial charge in [0, 0.05) is 32.5 Å². The monoisotopic (exact) mass is 317 g/mol. The van der Waals surface area contributed by atoms with Crippen molar-refractivity contribution in [2.75, 3.05) is 26.7 Å². The molecule has 2 rings (SSSR count). The molecule has 2 heterocycles. The van der Waals surface area contributed by atoms with Crippen molar-refractivity contribution < 1.29 is 9.59 Å². The highest BCUT2D eigenvalue weighted by Crippen LogP contribution is 2.22. The van der Waals surface area contributed by atoms with Crippen LogP contribution in [0.3, 0.4) is 0 Å². The van der Waals surface area contributed by atoms with Crippen LogP contribution in [0, 0.1) is 11.8 Å². The van der Waals surface area contributed by atoms with Crippen LogP contribution in [0.1, 0.15) is 39.0 Å². The minimum Gasteiger partial charge on any atom is -0.352 e. The topological polar surface area (TPSA) is 61.4 Å². The molecule has 2 amide bonds. The number of hydrogen-bond donors (Lipinski definition) is 2. The molecule has 5 nitrogen and oxygen atoms in total. The van der Waals surface area contributed by atoms with E-state index in [9.17, 15) is 9.59 Å². The number of carbonyl (C=O) groups excluding carboxylic acids is 2. The van der Waals surface area contributed by atoms with Crippen LogP contribution in [-0.4, -0.2) is 49.4 Å². The molecule has 3 unspecified atom stereocenters. The first kappa shape index (κ1) is 18.2. The number of likely N-dealkylation sites (N-methyl/N-ethyl adjacent to an activating group) is 1. The van der Waals surface area contributed by atoms with E-state index in [1.54, 1.807) is 11.9 Å². The Balaban J connectivity index is 0.00000220. The molecule has 0 aliphatic carbocycles. The lowest BCUT2D eigenvalue weighted by Crippen LogP contribution is -2.49. The second-order valence-corrected chi connectivity index (χ2v) is 6.37. The third kappa shape index (κ3) is 5.47. The summed E-state index contributed by atoms with van der Waals surface area (Å²) in [6.07, 6.45) is 4.35. The maximum atomic E-state index is 12.1. The molecule has 0 aromatic heterocycles. The summed E-state index contributed by atoms with van der Waals surface area (Å²) >= 11 is 0. The van der Waals surface area contributed by atoms with Gasteiger partial charge >= 0.3 is 0 Å². The van der Waals surface area contributed by atoms with Gasteiger partial charge in [-0.3, -0.25) is 9.59 Å². The van der Waals surface area contributed by atoms with Gasteiger partial charge in [-0.25, -0.2) is 0 Å². The number of rotatable bonds is 4. The fourth-order valence-corrected chi connectivity index (χ4v) is 3.24. The van der Waals surface area contributed by atoms with E-state index in [-0.39, 0.29) is 30.3 Å². The van der Waals surface area contributed by atoms with E-state index in [4.69, 9.17) is 0 Å². The van der Waals surface area contributed by atoms with E-state index in [0.717, 1.165) is 19.5 Å². The smallest absolute Gasteiger partial charge is 0.222 e. The van der Waals surface area contributed by atoms with E-state index >= 15 is 0 Å². The second kappa shape index (κ2) is 8.59. The molecule has 0 bridgehead atoms. The van der Waals surface area contributed by atoms with Gasteiger partial charge in [0.1, 0.15) is 0 Å². The van der Waals surface area contributed by atoms with Crippen LogP contribution in [-0.2, 0) is 9.59 Å². The molecular weight excluding hydrogens is 290 g/mol. The van der Waals surface area contributed by atoms with Crippen LogP contribution in [0.5, 0.6) is 0 Å². The van der Waals surface area contributed by atoms with Gasteiger partial charge in [-0.15, -0.1) is 12.4 Å². The first-order chi connectivity index (χ1) is 9.56. The molecule has 122 valence electrons. The molecule has 2 fully saturated rings. The van der Waals surface area contributed by atoms with Crippen molar-refractivity contribution in [2.45, 2.75) is 45.1 Å². The summed E-state index contributed by atoms with van der Waals surface area (Å²) in [6, 6.07) is 0.127. The van der Waals surface area contributed by atoms with Gasteiger partial charge in [-0.2, -0.15) is 0 Å². The quantitative estimate of drug-likeness (QED) is 0.818. The lowest BCUT2D eigenvalue weighted by Gasteiger charge is -2.31. The Morgan fingerprint density at radius 1 is 1.48 bits per heavy atom. The molecule has 6 heteroatoms. The summed E-state index contributed by atoms with van der Waals surface area (Å²) in [7, 11) is 1.80. The lowest BCUT2D eigenvalue weighted by molar-refractivity contribution is -0.134. The molecule has 0 saturated carbocycles. The average Bonchev–Trinajstić information content (AvgIpc) is 2.44. The zero-order valence-electron chi connectivity index (χ0n) is 13.1. The van der Waals surface area contributed by atoms with E-state index in [0.29, 0.717) is 31.2 Å². The highest BCUT2D eigenvalue weighted by atomic mass is 35.5. The standard InChI is InChI=1S/C15H27N3O2.ClH/c1-11(12-4-3-7-16-9-12)8-14(19)17-13-5-6-15(20)18(2)10-13;/h11-13,16H,3-10H2,1-2H3,(H,17,19);1H. The van der Waals surface area contributed by atoms with Crippen LogP contribution in [0.25, 0.3) is 0 Å². The van der Waals surface area contributed by atoms with Gasteiger partial charge in [-0.05, 0) is 44.2 Å². The number of likely N-dealkylation sites (tertiary alicyclic amines) is 1. The Morgan fingerprint density at radius 2 is 2.24 bits per heavy atom. The third-order valence-electron chi connectivity index (χ3n) is 4.64. The molecule has 0 aromatic rings. The number of halogens is 1. The summed E-state index contributed by atoms with van der Waals surface area (Å²) in [5, 5.41) is 6.49. The first-order valence-corrected chi connectivity index (χ1v) is 7.80. The molecule has 0 radical (unpaired) electrons. The fourth-order valence-electron chi connectivity index (χ4n) is 3.24. The lowest BCUT2D eigenvalue weighted by atomic mass is 9.85. The van der Waals surface area contributed by atoms with Crippen LogP contribution in [0.4, 0.5) is 0 Å². The normalized spacial score (nSPS) is 27.7. The molecule has 0 aromatic carbocycles. The average molecular weight is 318 g/mol. The van der Waals surface area contributed by atoms with Crippen molar-refractivity contribution in [1.29, 1.82) is 0 Å². The Morgan fingerprint density at radius 3 is 2.86 bits per heavy atom. The van der Waals surface area contributed by atoms with Crippen molar-refractivity contribution in [3.8, 4) is 0 Å². The Labute approximate surface area is 133 Å². The van der Waals surface area contributed by atoms with Crippen LogP contribution < -0.4 is 10.6 Å². The van der Waals surface area contributed by atoms with Crippen LogP contribution in [0.2, 0.25) is 0 Å². The number of nitrogens with one attached hydrogen (secondary N) is 2. The molecule has 2 N–H and O–H groups in total. The fraction of sp³-hybridized carbons (Fsp3) is 0.867. The number of hydrogen-bond acceptors (Lipinski definition) is 3. The zero-order valence-corrected chi connectivity index (χ0v) is 13.9. The van der Waals surface area contributed by atoms with Crippen molar-refractivity contribution >= 4 is 24.2 Å². The Hall–Kier alpha value is -0.810. The van der Waals surface area contributed by atoms with E-state index < -0.39 is 0 Å². The molecule has 21 heavy (non-hydrogen) atoms. The van der Waals surface area contributed by atoms with Crippen molar-refractivity contribution in [1.82, 2.24) is 15.5 Å². The molecule has 2 saturated heterocycles. The van der Waals surface area contributed by atoms with E-state index in [2.05, 4.69) is 17.6 Å². The van der Waals surface area contributed by atoms with Gasteiger partial charge in [0.25, 0.3) is 0 Å². The molecule has 2 aliphatic rings. The van der Waals surface area contributed by atoms with Crippen molar-refractivity contribution in [2.24, 2.45) is 11.8 Å². The maximum absolute atomic E-state index is 12.1. The maximum Gasteiger partial charge on any atom is 0.222 e. The highest BCUT2D eigenvalue weighted by Gasteiger charge is 2.26. The summed E-state index contributed by atoms with van der Waals surface area (Å²) in [5.74, 6) is 1.35. The van der Waals surface area contributed by atoms with E-state index in [1.165, 1.54) is 12.8 Å². The van der Waals surface area contributed by atoms with Gasteiger partial charge in [-0.1, -0.05) is 6.92 Å². The Kier molecular flexibility index (Phi) is 7.46. The predicted molar refractivity (Wildman–Crippen MR) is 85.4 cm³/mol. The largest absolute Gasteiger partial charge is 0.352 e. The zero-order chi connectivity index (χ0) is 14.5. The van der Waals surface area contributed by atoms with Crippen LogP contribution in [0.15, 0.2) is 0 Å². The third-order valence-corrected chi connectivity index (χ3v) is 4.64. The number of nitrogens with zero attached hydrogens (tertiary/aromatic N) is 1. The molecular formula is C15H28ClN3O2. The van der Waals surface area contributed by atoms with Crippen LogP contribution >= 0.6 is 12.4 Å². The highest BCUT2D eigenvalue weighted by molar-refractivity contribution is 5.85. The second-order valence-electron chi connectivity index (χ2n) is 6.37. The summed E-state index contributed by atoms with van der Waals surface area (Å²) in [5.41, 5.74) is 0. The molecule has 3 atom stereocenters. The number of amides is 2. The predicted octanol–water partition coefficient (Wildman–Crippen LogP) is 1.17. The van der Waals surface area contributed by atoms with E-state index in [1.807, 2.05) is 0 Å². The molecule has 0 spiro atoms. The Bertz CT molecular complexity index is 359. The van der Waals surface area contributed by atoms with Gasteiger partial charge < -0.3 is 15.5 Å². The minimum atomic E-state index is 0. The summed E-state index contributed by atoms with van der Waals surface area (Å²) in [4.78, 5) is 25.2. The van der Waals surface area contributed by atoms with Gasteiger partial charge in [0.2, 0.25) is 11.8 Å². The van der Waals surface area contributed by atoms with Gasteiger partial charge in [0.15, 0.2) is 0 Å². The minimum absolute atomic E-state index is 0. The first-order valence-electron chi connectivity index (χ1n) is 7.80. The van der Waals surface area contributed by atoms with Gasteiger partial charge in [0.05, 0.1) is 0 Å². The summed E-state index contributed by atoms with van der Waals surface area (Å²) in [6.45, 7) is 4.96. The SMILES string of the molecule is CC(CC(=O)NC1CCC(=O)N(C)C1)C1CCCNC1.Cl. The molecule has 2 aliphatic heterocycles. The van der Waals surface area contributed by atoms with Crippen molar-refractivity contribution in [3.05, 3.63) is 0 Å². The van der Waals surface area contributed by atoms with Crippen molar-refractivity contribution in [3.63, 3.8) is 0 Å². The summed E-state index contributed by atoms with van der Waals surface area (Å²) < 4.78 is 0. The number of carbonyl (C=O) groups is 2. The number of piperidine rings is 2.